The van der Waals surface area contributed by atoms with Crippen LogP contribution in [0.5, 0.6) is 0 Å². The highest BCUT2D eigenvalue weighted by Crippen LogP contribution is 2.30. The van der Waals surface area contributed by atoms with Gasteiger partial charge in [-0.1, -0.05) is 12.1 Å². The molecule has 0 aromatic heterocycles. The molecule has 0 aliphatic rings. The topological polar surface area (TPSA) is 27.0 Å². The number of halogens is 3. The standard InChI is InChI=1S/C11H11F3N2/c1-16(2)10(7-15)8-3-5-9(6-4-8)11(12,13)14/h3-6,10H,1-2H3/t10-/m1/s1. The lowest BCUT2D eigenvalue weighted by Gasteiger charge is -2.17. The Morgan fingerprint density at radius 2 is 1.69 bits per heavy atom. The Bertz CT molecular complexity index is 387. The molecule has 0 unspecified atom stereocenters. The summed E-state index contributed by atoms with van der Waals surface area (Å²) in [5, 5.41) is 8.87. The van der Waals surface area contributed by atoms with Crippen molar-refractivity contribution < 1.29 is 13.2 Å². The van der Waals surface area contributed by atoms with E-state index < -0.39 is 17.8 Å². The van der Waals surface area contributed by atoms with Gasteiger partial charge in [0.2, 0.25) is 0 Å². The van der Waals surface area contributed by atoms with Crippen molar-refractivity contribution in [3.63, 3.8) is 0 Å². The molecule has 0 saturated heterocycles. The number of rotatable bonds is 2. The maximum absolute atomic E-state index is 12.3. The van der Waals surface area contributed by atoms with E-state index in [0.717, 1.165) is 12.1 Å². The van der Waals surface area contributed by atoms with Crippen LogP contribution in [0.2, 0.25) is 0 Å². The van der Waals surface area contributed by atoms with Crippen LogP contribution >= 0.6 is 0 Å². The average Bonchev–Trinajstić information content (AvgIpc) is 2.17. The lowest BCUT2D eigenvalue weighted by atomic mass is 10.1. The van der Waals surface area contributed by atoms with E-state index in [1.165, 1.54) is 12.1 Å². The van der Waals surface area contributed by atoms with Gasteiger partial charge in [-0.25, -0.2) is 0 Å². The maximum atomic E-state index is 12.3. The first kappa shape index (κ1) is 12.5. The molecule has 0 amide bonds. The fourth-order valence-corrected chi connectivity index (χ4v) is 1.34. The molecule has 0 bridgehead atoms. The first-order chi connectivity index (χ1) is 7.36. The van der Waals surface area contributed by atoms with E-state index in [0.29, 0.717) is 5.56 Å². The lowest BCUT2D eigenvalue weighted by molar-refractivity contribution is -0.137. The molecule has 0 aliphatic heterocycles. The minimum atomic E-state index is -4.33. The van der Waals surface area contributed by atoms with Crippen molar-refractivity contribution in [2.45, 2.75) is 12.2 Å². The first-order valence-corrected chi connectivity index (χ1v) is 4.59. The zero-order chi connectivity index (χ0) is 12.3. The zero-order valence-electron chi connectivity index (χ0n) is 8.92. The second-order valence-corrected chi connectivity index (χ2v) is 3.62. The molecule has 0 heterocycles. The van der Waals surface area contributed by atoms with Crippen molar-refractivity contribution in [2.24, 2.45) is 0 Å². The van der Waals surface area contributed by atoms with Gasteiger partial charge in [-0.3, -0.25) is 4.90 Å². The highest BCUT2D eigenvalue weighted by atomic mass is 19.4. The van der Waals surface area contributed by atoms with Crippen molar-refractivity contribution in [3.05, 3.63) is 35.4 Å². The maximum Gasteiger partial charge on any atom is 0.416 e. The third-order valence-corrected chi connectivity index (χ3v) is 2.19. The van der Waals surface area contributed by atoms with Gasteiger partial charge in [-0.05, 0) is 31.8 Å². The molecular weight excluding hydrogens is 217 g/mol. The molecule has 1 aromatic carbocycles. The minimum Gasteiger partial charge on any atom is -0.291 e. The van der Waals surface area contributed by atoms with E-state index in [9.17, 15) is 13.2 Å². The lowest BCUT2D eigenvalue weighted by Crippen LogP contribution is -2.18. The van der Waals surface area contributed by atoms with Gasteiger partial charge < -0.3 is 0 Å². The van der Waals surface area contributed by atoms with Crippen molar-refractivity contribution in [1.82, 2.24) is 4.90 Å². The molecule has 1 aromatic rings. The number of benzene rings is 1. The van der Waals surface area contributed by atoms with Crippen LogP contribution in [0.15, 0.2) is 24.3 Å². The zero-order valence-corrected chi connectivity index (χ0v) is 8.92. The number of alkyl halides is 3. The van der Waals surface area contributed by atoms with Crippen LogP contribution in [0.1, 0.15) is 17.2 Å². The Hall–Kier alpha value is -1.54. The molecule has 0 N–H and O–H groups in total. The second kappa shape index (κ2) is 4.54. The Balaban J connectivity index is 3.00. The average molecular weight is 228 g/mol. The Kier molecular flexibility index (Phi) is 3.55. The molecule has 1 rings (SSSR count). The number of hydrogen-bond donors (Lipinski definition) is 0. The van der Waals surface area contributed by atoms with Crippen LogP contribution in [0, 0.1) is 11.3 Å². The predicted octanol–water partition coefficient (Wildman–Crippen LogP) is 2.83. The summed E-state index contributed by atoms with van der Waals surface area (Å²) in [4.78, 5) is 1.64. The Labute approximate surface area is 91.9 Å². The molecule has 16 heavy (non-hydrogen) atoms. The molecule has 2 nitrogen and oxygen atoms in total. The van der Waals surface area contributed by atoms with Gasteiger partial charge in [0.25, 0.3) is 0 Å². The first-order valence-electron chi connectivity index (χ1n) is 4.59. The SMILES string of the molecule is CN(C)[C@H](C#N)c1ccc(C(F)(F)F)cc1. The van der Waals surface area contributed by atoms with Gasteiger partial charge in [0.1, 0.15) is 6.04 Å². The van der Waals surface area contributed by atoms with Crippen molar-refractivity contribution in [3.8, 4) is 6.07 Å². The van der Waals surface area contributed by atoms with E-state index >= 15 is 0 Å². The van der Waals surface area contributed by atoms with Crippen LogP contribution in [-0.4, -0.2) is 19.0 Å². The van der Waals surface area contributed by atoms with Crippen LogP contribution in [0.4, 0.5) is 13.2 Å². The summed E-state index contributed by atoms with van der Waals surface area (Å²) in [6.45, 7) is 0. The van der Waals surface area contributed by atoms with E-state index in [2.05, 4.69) is 0 Å². The number of hydrogen-bond acceptors (Lipinski definition) is 2. The minimum absolute atomic E-state index is 0.526. The van der Waals surface area contributed by atoms with Gasteiger partial charge in [0, 0.05) is 0 Å². The third kappa shape index (κ3) is 2.74. The molecule has 0 fully saturated rings. The highest BCUT2D eigenvalue weighted by Gasteiger charge is 2.30. The Morgan fingerprint density at radius 3 is 2.00 bits per heavy atom. The molecule has 0 spiro atoms. The third-order valence-electron chi connectivity index (χ3n) is 2.19. The summed E-state index contributed by atoms with van der Waals surface area (Å²) in [6, 6.07) is 6.13. The molecule has 86 valence electrons. The summed E-state index contributed by atoms with van der Waals surface area (Å²) in [7, 11) is 3.40. The number of nitriles is 1. The van der Waals surface area contributed by atoms with Gasteiger partial charge in [-0.2, -0.15) is 18.4 Å². The van der Waals surface area contributed by atoms with E-state index in [4.69, 9.17) is 5.26 Å². The summed E-state index contributed by atoms with van der Waals surface area (Å²) < 4.78 is 36.9. The van der Waals surface area contributed by atoms with E-state index in [-0.39, 0.29) is 0 Å². The molecule has 0 radical (unpaired) electrons. The highest BCUT2D eigenvalue weighted by molar-refractivity contribution is 5.29. The molecule has 0 saturated carbocycles. The van der Waals surface area contributed by atoms with Crippen LogP contribution < -0.4 is 0 Å². The summed E-state index contributed by atoms with van der Waals surface area (Å²) >= 11 is 0. The van der Waals surface area contributed by atoms with Crippen molar-refractivity contribution >= 4 is 0 Å². The second-order valence-electron chi connectivity index (χ2n) is 3.62. The van der Waals surface area contributed by atoms with Gasteiger partial charge >= 0.3 is 6.18 Å². The van der Waals surface area contributed by atoms with E-state index in [1.807, 2.05) is 6.07 Å². The smallest absolute Gasteiger partial charge is 0.291 e. The quantitative estimate of drug-likeness (QED) is 0.778. The molecular formula is C11H11F3N2. The van der Waals surface area contributed by atoms with Gasteiger partial charge in [0.05, 0.1) is 11.6 Å². The molecule has 1 atom stereocenters. The largest absolute Gasteiger partial charge is 0.416 e. The molecule has 0 aliphatic carbocycles. The van der Waals surface area contributed by atoms with Crippen molar-refractivity contribution in [2.75, 3.05) is 14.1 Å². The van der Waals surface area contributed by atoms with Crippen molar-refractivity contribution in [1.29, 1.82) is 5.26 Å². The number of nitrogens with zero attached hydrogens (tertiary/aromatic N) is 2. The fourth-order valence-electron chi connectivity index (χ4n) is 1.34. The van der Waals surface area contributed by atoms with Crippen LogP contribution in [0.3, 0.4) is 0 Å². The Morgan fingerprint density at radius 1 is 1.19 bits per heavy atom. The van der Waals surface area contributed by atoms with Crippen LogP contribution in [0.25, 0.3) is 0 Å². The summed E-state index contributed by atoms with van der Waals surface area (Å²) in [5.74, 6) is 0. The monoisotopic (exact) mass is 228 g/mol. The van der Waals surface area contributed by atoms with Gasteiger partial charge in [-0.15, -0.1) is 0 Å². The normalized spacial score (nSPS) is 13.6. The van der Waals surface area contributed by atoms with Gasteiger partial charge in [0.15, 0.2) is 0 Å². The molecule has 5 heteroatoms. The van der Waals surface area contributed by atoms with Crippen LogP contribution in [-0.2, 0) is 6.18 Å². The predicted molar refractivity (Wildman–Crippen MR) is 53.5 cm³/mol. The summed E-state index contributed by atoms with van der Waals surface area (Å²) in [5.41, 5.74) is -0.146. The fraction of sp³-hybridized carbons (Fsp3) is 0.364. The van der Waals surface area contributed by atoms with E-state index in [1.54, 1.807) is 19.0 Å². The summed E-state index contributed by atoms with van der Waals surface area (Å²) in [6.07, 6.45) is -4.33.